The summed E-state index contributed by atoms with van der Waals surface area (Å²) in [5.74, 6) is -0.691. The van der Waals surface area contributed by atoms with Gasteiger partial charge in [-0.3, -0.25) is 0 Å². The SMILES string of the molecule is C[C@]12OO[C@H](CC[C@H]1O[Si](C)(C)C)O2. The molecule has 0 aromatic heterocycles. The Morgan fingerprint density at radius 2 is 2.00 bits per heavy atom. The summed E-state index contributed by atoms with van der Waals surface area (Å²) in [6.45, 7) is 8.38. The highest BCUT2D eigenvalue weighted by atomic mass is 28.4. The molecule has 2 aliphatic rings. The molecule has 2 heterocycles. The lowest BCUT2D eigenvalue weighted by atomic mass is 10.0. The summed E-state index contributed by atoms with van der Waals surface area (Å²) >= 11 is 0. The molecule has 2 fully saturated rings. The summed E-state index contributed by atoms with van der Waals surface area (Å²) < 4.78 is 11.6. The van der Waals surface area contributed by atoms with Crippen molar-refractivity contribution >= 4 is 8.32 Å². The number of ether oxygens (including phenoxy) is 1. The quantitative estimate of drug-likeness (QED) is 0.525. The fourth-order valence-corrected chi connectivity index (χ4v) is 3.01. The summed E-state index contributed by atoms with van der Waals surface area (Å²) in [4.78, 5) is 10.2. The van der Waals surface area contributed by atoms with Gasteiger partial charge in [0.15, 0.2) is 14.6 Å². The van der Waals surface area contributed by atoms with E-state index < -0.39 is 14.1 Å². The maximum Gasteiger partial charge on any atom is 0.226 e. The Labute approximate surface area is 85.5 Å². The van der Waals surface area contributed by atoms with Crippen molar-refractivity contribution in [2.24, 2.45) is 0 Å². The lowest BCUT2D eigenvalue weighted by Crippen LogP contribution is -2.49. The average Bonchev–Trinajstić information content (AvgIpc) is 2.34. The van der Waals surface area contributed by atoms with Gasteiger partial charge in [-0.15, -0.1) is 0 Å². The molecule has 2 bridgehead atoms. The normalized spacial score (nSPS) is 42.9. The predicted octanol–water partition coefficient (Wildman–Crippen LogP) is 2.02. The zero-order valence-electron chi connectivity index (χ0n) is 9.20. The van der Waals surface area contributed by atoms with E-state index in [1.54, 1.807) is 0 Å². The van der Waals surface area contributed by atoms with Gasteiger partial charge in [0.05, 0.1) is 0 Å². The molecule has 0 unspecified atom stereocenters. The van der Waals surface area contributed by atoms with Crippen molar-refractivity contribution in [3.63, 3.8) is 0 Å². The van der Waals surface area contributed by atoms with E-state index in [1.807, 2.05) is 6.92 Å². The van der Waals surface area contributed by atoms with E-state index in [4.69, 9.17) is 18.9 Å². The molecule has 5 heteroatoms. The molecule has 0 aromatic rings. The zero-order valence-corrected chi connectivity index (χ0v) is 10.2. The number of fused-ring (bicyclic) bond motifs is 2. The maximum atomic E-state index is 6.02. The van der Waals surface area contributed by atoms with Crippen LogP contribution in [-0.2, 0) is 18.9 Å². The first-order chi connectivity index (χ1) is 6.39. The number of hydrogen-bond donors (Lipinski definition) is 0. The zero-order chi connectivity index (χ0) is 10.4. The Hall–Kier alpha value is 0.0569. The van der Waals surface area contributed by atoms with Crippen LogP contribution in [0.1, 0.15) is 19.8 Å². The first kappa shape index (κ1) is 10.6. The van der Waals surface area contributed by atoms with E-state index in [1.165, 1.54) is 0 Å². The summed E-state index contributed by atoms with van der Waals surface area (Å²) in [7, 11) is -1.55. The van der Waals surface area contributed by atoms with Gasteiger partial charge in [-0.2, -0.15) is 4.89 Å². The molecular weight excluding hydrogens is 200 g/mol. The number of rotatable bonds is 2. The fraction of sp³-hybridized carbons (Fsp3) is 1.00. The fourth-order valence-electron chi connectivity index (χ4n) is 1.83. The molecule has 2 saturated heterocycles. The third-order valence-corrected chi connectivity index (χ3v) is 3.42. The molecule has 0 saturated carbocycles. The van der Waals surface area contributed by atoms with Crippen molar-refractivity contribution in [2.75, 3.05) is 0 Å². The van der Waals surface area contributed by atoms with E-state index in [2.05, 4.69) is 19.6 Å². The third-order valence-electron chi connectivity index (χ3n) is 2.43. The minimum absolute atomic E-state index is 0.00733. The highest BCUT2D eigenvalue weighted by molar-refractivity contribution is 6.69. The van der Waals surface area contributed by atoms with Crippen LogP contribution in [0.25, 0.3) is 0 Å². The van der Waals surface area contributed by atoms with Crippen LogP contribution >= 0.6 is 0 Å². The van der Waals surface area contributed by atoms with Crippen molar-refractivity contribution in [1.82, 2.24) is 0 Å². The van der Waals surface area contributed by atoms with Crippen LogP contribution in [0.15, 0.2) is 0 Å². The molecule has 0 aromatic carbocycles. The predicted molar refractivity (Wildman–Crippen MR) is 52.9 cm³/mol. The van der Waals surface area contributed by atoms with Crippen molar-refractivity contribution in [3.05, 3.63) is 0 Å². The van der Waals surface area contributed by atoms with Crippen LogP contribution in [0.2, 0.25) is 19.6 Å². The summed E-state index contributed by atoms with van der Waals surface area (Å²) in [5.41, 5.74) is 0. The molecule has 4 nitrogen and oxygen atoms in total. The molecular formula is C9H18O4Si. The Morgan fingerprint density at radius 3 is 2.64 bits per heavy atom. The third kappa shape index (κ3) is 2.01. The molecule has 0 radical (unpaired) electrons. The minimum atomic E-state index is -1.55. The molecule has 0 amide bonds. The van der Waals surface area contributed by atoms with E-state index in [9.17, 15) is 0 Å². The lowest BCUT2D eigenvalue weighted by Gasteiger charge is -2.37. The number of hydrogen-bond acceptors (Lipinski definition) is 4. The Morgan fingerprint density at radius 1 is 1.29 bits per heavy atom. The van der Waals surface area contributed by atoms with Crippen molar-refractivity contribution in [2.45, 2.75) is 57.6 Å². The summed E-state index contributed by atoms with van der Waals surface area (Å²) in [5, 5.41) is 0. The van der Waals surface area contributed by atoms with Crippen molar-refractivity contribution in [1.29, 1.82) is 0 Å². The highest BCUT2D eigenvalue weighted by Crippen LogP contribution is 2.39. The second-order valence-electron chi connectivity index (χ2n) is 5.04. The smallest absolute Gasteiger partial charge is 0.226 e. The first-order valence-corrected chi connectivity index (χ1v) is 8.50. The van der Waals surface area contributed by atoms with Gasteiger partial charge in [0, 0.05) is 6.42 Å². The standard InChI is InChI=1S/C9H18O4Si/c1-9-7(12-14(2,3)4)5-6-8(10-9)11-13-9/h7-8H,5-6H2,1-4H3/t7-,8-,9+/m1/s1. The van der Waals surface area contributed by atoms with Crippen LogP contribution in [-0.4, -0.2) is 26.5 Å². The molecule has 2 rings (SSSR count). The Kier molecular flexibility index (Phi) is 2.48. The van der Waals surface area contributed by atoms with Gasteiger partial charge in [0.2, 0.25) is 5.79 Å². The Bertz CT molecular complexity index is 227. The average molecular weight is 218 g/mol. The van der Waals surface area contributed by atoms with Crippen LogP contribution in [0.3, 0.4) is 0 Å². The van der Waals surface area contributed by atoms with Gasteiger partial charge in [0.25, 0.3) is 0 Å². The maximum absolute atomic E-state index is 6.02. The van der Waals surface area contributed by atoms with Crippen LogP contribution in [0.4, 0.5) is 0 Å². The molecule has 82 valence electrons. The molecule has 14 heavy (non-hydrogen) atoms. The summed E-state index contributed by atoms with van der Waals surface area (Å²) in [6, 6.07) is 0. The van der Waals surface area contributed by atoms with Crippen molar-refractivity contribution < 1.29 is 18.9 Å². The van der Waals surface area contributed by atoms with Crippen LogP contribution < -0.4 is 0 Å². The van der Waals surface area contributed by atoms with E-state index in [-0.39, 0.29) is 12.4 Å². The largest absolute Gasteiger partial charge is 0.409 e. The first-order valence-electron chi connectivity index (χ1n) is 5.09. The molecule has 3 atom stereocenters. The lowest BCUT2D eigenvalue weighted by molar-refractivity contribution is -0.335. The Balaban J connectivity index is 2.05. The van der Waals surface area contributed by atoms with Crippen LogP contribution in [0.5, 0.6) is 0 Å². The van der Waals surface area contributed by atoms with E-state index >= 15 is 0 Å². The van der Waals surface area contributed by atoms with Gasteiger partial charge in [-0.05, 0) is 33.0 Å². The van der Waals surface area contributed by atoms with Crippen molar-refractivity contribution in [3.8, 4) is 0 Å². The van der Waals surface area contributed by atoms with Gasteiger partial charge in [-0.25, -0.2) is 4.89 Å². The molecule has 2 aliphatic heterocycles. The van der Waals surface area contributed by atoms with E-state index in [0.717, 1.165) is 12.8 Å². The monoisotopic (exact) mass is 218 g/mol. The van der Waals surface area contributed by atoms with Gasteiger partial charge in [-0.1, -0.05) is 0 Å². The van der Waals surface area contributed by atoms with Crippen LogP contribution in [0, 0.1) is 0 Å². The van der Waals surface area contributed by atoms with Gasteiger partial charge >= 0.3 is 0 Å². The second-order valence-corrected chi connectivity index (χ2v) is 9.50. The topological polar surface area (TPSA) is 36.9 Å². The van der Waals surface area contributed by atoms with Gasteiger partial charge in [0.1, 0.15) is 6.10 Å². The van der Waals surface area contributed by atoms with E-state index in [0.29, 0.717) is 0 Å². The molecule has 0 spiro atoms. The highest BCUT2D eigenvalue weighted by Gasteiger charge is 2.51. The van der Waals surface area contributed by atoms with Gasteiger partial charge < -0.3 is 9.16 Å². The minimum Gasteiger partial charge on any atom is -0.409 e. The molecule has 0 aliphatic carbocycles. The molecule has 0 N–H and O–H groups in total. The summed E-state index contributed by atoms with van der Waals surface area (Å²) in [6.07, 6.45) is 1.62. The second kappa shape index (κ2) is 3.28.